The second-order valence-electron chi connectivity index (χ2n) is 5.42. The quantitative estimate of drug-likeness (QED) is 0.623. The molecule has 0 saturated heterocycles. The van der Waals surface area contributed by atoms with Crippen LogP contribution in [0.2, 0.25) is 0 Å². The van der Waals surface area contributed by atoms with Gasteiger partial charge in [0.1, 0.15) is 10.5 Å². The predicted octanol–water partition coefficient (Wildman–Crippen LogP) is 2.52. The topological polar surface area (TPSA) is 9.23 Å². The van der Waals surface area contributed by atoms with Gasteiger partial charge in [0.15, 0.2) is 0 Å². The zero-order valence-electron chi connectivity index (χ0n) is 10.2. The second kappa shape index (κ2) is 5.81. The summed E-state index contributed by atoms with van der Waals surface area (Å²) < 4.78 is 5.64. The van der Waals surface area contributed by atoms with Crippen molar-refractivity contribution < 1.29 is 4.43 Å². The number of hydrogen-bond donors (Lipinski definition) is 0. The molecular formula is C11H26OSi. The maximum Gasteiger partial charge on any atom is 0.146 e. The molecule has 2 heteroatoms. The lowest BCUT2D eigenvalue weighted by Gasteiger charge is -2.30. The van der Waals surface area contributed by atoms with Gasteiger partial charge >= 0.3 is 0 Å². The van der Waals surface area contributed by atoms with E-state index in [4.69, 9.17) is 4.43 Å². The zero-order valence-corrected chi connectivity index (χ0v) is 12.2. The molecule has 0 spiro atoms. The van der Waals surface area contributed by atoms with Crippen molar-refractivity contribution in [3.8, 4) is 0 Å². The Kier molecular flexibility index (Phi) is 5.89. The van der Waals surface area contributed by atoms with E-state index >= 15 is 0 Å². The van der Waals surface area contributed by atoms with Gasteiger partial charge in [0.05, 0.1) is 0 Å². The van der Waals surface area contributed by atoms with E-state index in [1.807, 2.05) is 0 Å². The molecule has 0 aromatic rings. The van der Waals surface area contributed by atoms with Crippen molar-refractivity contribution >= 4 is 10.5 Å². The summed E-state index contributed by atoms with van der Waals surface area (Å²) in [5.41, 5.74) is 0.318. The minimum Gasteiger partial charge on any atom is -0.425 e. The molecule has 0 aliphatic rings. The summed E-state index contributed by atoms with van der Waals surface area (Å²) in [6.45, 7) is 11.4. The van der Waals surface area contributed by atoms with E-state index in [-0.39, 0.29) is 0 Å². The molecule has 0 heterocycles. The smallest absolute Gasteiger partial charge is 0.146 e. The van der Waals surface area contributed by atoms with Gasteiger partial charge in [0, 0.05) is 6.10 Å². The average molecular weight is 202 g/mol. The van der Waals surface area contributed by atoms with Crippen molar-refractivity contribution in [2.24, 2.45) is 11.3 Å². The fraction of sp³-hybridized carbons (Fsp3) is 1.00. The third kappa shape index (κ3) is 6.27. The highest BCUT2D eigenvalue weighted by Crippen LogP contribution is 2.26. The first kappa shape index (κ1) is 13.2. The molecule has 0 aromatic heterocycles. The lowest BCUT2D eigenvalue weighted by molar-refractivity contribution is 0.0851. The highest BCUT2D eigenvalue weighted by Gasteiger charge is 2.22. The summed E-state index contributed by atoms with van der Waals surface area (Å²) in [6, 6.07) is 0. The summed E-state index contributed by atoms with van der Waals surface area (Å²) in [5, 5.41) is 0. The fourth-order valence-electron chi connectivity index (χ4n) is 1.62. The van der Waals surface area contributed by atoms with Gasteiger partial charge in [-0.3, -0.25) is 0 Å². The minimum absolute atomic E-state index is 0.318. The highest BCUT2D eigenvalue weighted by atomic mass is 28.2. The molecule has 1 atom stereocenters. The van der Waals surface area contributed by atoms with Crippen molar-refractivity contribution in [1.82, 2.24) is 0 Å². The molecule has 0 bridgehead atoms. The third-order valence-electron chi connectivity index (χ3n) is 2.50. The Morgan fingerprint density at radius 3 is 2.00 bits per heavy atom. The van der Waals surface area contributed by atoms with Crippen LogP contribution < -0.4 is 0 Å². The van der Waals surface area contributed by atoms with Gasteiger partial charge in [-0.05, 0) is 17.8 Å². The molecule has 0 aliphatic heterocycles. The molecule has 0 aliphatic carbocycles. The molecule has 13 heavy (non-hydrogen) atoms. The first-order chi connectivity index (χ1) is 5.88. The van der Waals surface area contributed by atoms with Gasteiger partial charge in [-0.25, -0.2) is 0 Å². The van der Waals surface area contributed by atoms with Crippen LogP contribution in [0.25, 0.3) is 0 Å². The maximum atomic E-state index is 5.64. The van der Waals surface area contributed by atoms with E-state index in [0.29, 0.717) is 11.5 Å². The van der Waals surface area contributed by atoms with E-state index < -0.39 is 0 Å². The summed E-state index contributed by atoms with van der Waals surface area (Å²) >= 11 is 0. The molecule has 0 fully saturated rings. The van der Waals surface area contributed by atoms with Crippen LogP contribution in [0.15, 0.2) is 0 Å². The molecule has 0 rings (SSSR count). The normalized spacial score (nSPS) is 15.2. The van der Waals surface area contributed by atoms with Crippen molar-refractivity contribution in [2.45, 2.75) is 60.0 Å². The van der Waals surface area contributed by atoms with Gasteiger partial charge in [-0.15, -0.1) is 0 Å². The first-order valence-electron chi connectivity index (χ1n) is 5.40. The molecule has 0 saturated carbocycles. The Hall–Kier alpha value is 0.177. The van der Waals surface area contributed by atoms with Crippen molar-refractivity contribution in [3.05, 3.63) is 0 Å². The molecule has 1 nitrogen and oxygen atoms in total. The van der Waals surface area contributed by atoms with E-state index in [2.05, 4.69) is 34.6 Å². The molecule has 0 N–H and O–H groups in total. The van der Waals surface area contributed by atoms with Crippen molar-refractivity contribution in [3.63, 3.8) is 0 Å². The Morgan fingerprint density at radius 1 is 1.15 bits per heavy atom. The van der Waals surface area contributed by atoms with Gasteiger partial charge < -0.3 is 4.43 Å². The Morgan fingerprint density at radius 2 is 1.69 bits per heavy atom. The number of rotatable bonds is 5. The van der Waals surface area contributed by atoms with Crippen molar-refractivity contribution in [1.29, 1.82) is 0 Å². The predicted molar refractivity (Wildman–Crippen MR) is 63.0 cm³/mol. The van der Waals surface area contributed by atoms with Gasteiger partial charge in [0.2, 0.25) is 0 Å². The Balaban J connectivity index is 3.73. The fourth-order valence-corrected chi connectivity index (χ4v) is 2.56. The van der Waals surface area contributed by atoms with Crippen LogP contribution in [0.5, 0.6) is 0 Å². The summed E-state index contributed by atoms with van der Waals surface area (Å²) in [5.74, 6) is 0.828. The van der Waals surface area contributed by atoms with Gasteiger partial charge in [-0.2, -0.15) is 0 Å². The van der Waals surface area contributed by atoms with Crippen LogP contribution >= 0.6 is 0 Å². The second-order valence-corrected chi connectivity index (χ2v) is 5.89. The van der Waals surface area contributed by atoms with Crippen LogP contribution in [0, 0.1) is 11.3 Å². The van der Waals surface area contributed by atoms with E-state index in [0.717, 1.165) is 16.4 Å². The Labute approximate surface area is 86.8 Å². The zero-order chi connectivity index (χ0) is 10.5. The number of hydrogen-bond acceptors (Lipinski definition) is 1. The van der Waals surface area contributed by atoms with Crippen molar-refractivity contribution in [2.75, 3.05) is 0 Å². The average Bonchev–Trinajstić information content (AvgIpc) is 1.95. The molecule has 0 radical (unpaired) electrons. The third-order valence-corrected chi connectivity index (χ3v) is 3.07. The highest BCUT2D eigenvalue weighted by molar-refractivity contribution is 5.98. The monoisotopic (exact) mass is 202 g/mol. The molecular weight excluding hydrogens is 176 g/mol. The molecule has 0 amide bonds. The minimum atomic E-state index is 0.318. The van der Waals surface area contributed by atoms with Crippen LogP contribution in [0.3, 0.4) is 0 Å². The summed E-state index contributed by atoms with van der Waals surface area (Å²) in [4.78, 5) is 0. The van der Waals surface area contributed by atoms with E-state index in [1.54, 1.807) is 0 Å². The Bertz CT molecular complexity index is 127. The van der Waals surface area contributed by atoms with Gasteiger partial charge in [-0.1, -0.05) is 47.5 Å². The lowest BCUT2D eigenvalue weighted by Crippen LogP contribution is -2.28. The molecule has 80 valence electrons. The summed E-state index contributed by atoms with van der Waals surface area (Å²) in [7, 11) is 0.866. The largest absolute Gasteiger partial charge is 0.425 e. The molecule has 0 aromatic carbocycles. The SMILES string of the molecule is CC(C)CCCC(O[SiH3])C(C)(C)C. The van der Waals surface area contributed by atoms with Gasteiger partial charge in [0.25, 0.3) is 0 Å². The molecule has 1 unspecified atom stereocenters. The van der Waals surface area contributed by atoms with Crippen LogP contribution in [-0.4, -0.2) is 16.6 Å². The van der Waals surface area contributed by atoms with E-state index in [9.17, 15) is 0 Å². The van der Waals surface area contributed by atoms with Crippen LogP contribution in [-0.2, 0) is 4.43 Å². The maximum absolute atomic E-state index is 5.64. The van der Waals surface area contributed by atoms with Crippen LogP contribution in [0.4, 0.5) is 0 Å². The first-order valence-corrected chi connectivity index (χ1v) is 6.22. The summed E-state index contributed by atoms with van der Waals surface area (Å²) in [6.07, 6.45) is 4.34. The standard InChI is InChI=1S/C11H26OSi/c1-9(2)7-6-8-10(12-13)11(3,4)5/h9-10H,6-8H2,1-5,13H3. The lowest BCUT2D eigenvalue weighted by atomic mass is 9.85. The van der Waals surface area contributed by atoms with Crippen LogP contribution in [0.1, 0.15) is 53.9 Å². The van der Waals surface area contributed by atoms with E-state index in [1.165, 1.54) is 19.3 Å².